The molecule has 164 valence electrons. The Morgan fingerprint density at radius 3 is 0.815 bits per heavy atom. The van der Waals surface area contributed by atoms with Crippen LogP contribution >= 0.6 is 11.6 Å². The summed E-state index contributed by atoms with van der Waals surface area (Å²) in [6, 6.07) is 0. The molecule has 8 nitrogen and oxygen atoms in total. The number of rotatable bonds is 24. The molecule has 0 unspecified atom stereocenters. The van der Waals surface area contributed by atoms with Gasteiger partial charge in [-0.1, -0.05) is 0 Å². The van der Waals surface area contributed by atoms with Crippen molar-refractivity contribution in [2.24, 2.45) is 0 Å². The molecule has 0 aromatic rings. The van der Waals surface area contributed by atoms with Gasteiger partial charge >= 0.3 is 0 Å². The maximum Gasteiger partial charge on any atom is 0.0701 e. The van der Waals surface area contributed by atoms with Crippen LogP contribution in [0, 0.1) is 0 Å². The molecule has 0 aromatic carbocycles. The van der Waals surface area contributed by atoms with E-state index in [1.807, 2.05) is 6.92 Å². The van der Waals surface area contributed by atoms with Crippen LogP contribution in [-0.2, 0) is 37.9 Å². The van der Waals surface area contributed by atoms with Crippen LogP contribution in [0.5, 0.6) is 0 Å². The van der Waals surface area contributed by atoms with Crippen LogP contribution in [0.4, 0.5) is 0 Å². The first-order valence-corrected chi connectivity index (χ1v) is 10.1. The fourth-order valence-corrected chi connectivity index (χ4v) is 1.85. The fourth-order valence-electron chi connectivity index (χ4n) is 1.74. The summed E-state index contributed by atoms with van der Waals surface area (Å²) in [7, 11) is 0. The molecule has 0 N–H and O–H groups in total. The van der Waals surface area contributed by atoms with Crippen molar-refractivity contribution in [1.82, 2.24) is 0 Å². The molecule has 0 bridgehead atoms. The van der Waals surface area contributed by atoms with E-state index in [1.165, 1.54) is 0 Å². The van der Waals surface area contributed by atoms with E-state index in [1.54, 1.807) is 0 Å². The lowest BCUT2D eigenvalue weighted by Gasteiger charge is -2.08. The normalized spacial score (nSPS) is 11.3. The average molecular weight is 417 g/mol. The minimum Gasteiger partial charge on any atom is -0.379 e. The highest BCUT2D eigenvalue weighted by atomic mass is 35.5. The van der Waals surface area contributed by atoms with Gasteiger partial charge in [-0.3, -0.25) is 0 Å². The van der Waals surface area contributed by atoms with Crippen LogP contribution in [0.15, 0.2) is 0 Å². The smallest absolute Gasteiger partial charge is 0.0701 e. The molecule has 0 aliphatic carbocycles. The molecule has 0 aliphatic heterocycles. The maximum absolute atomic E-state index is 5.48. The Morgan fingerprint density at radius 1 is 0.370 bits per heavy atom. The lowest BCUT2D eigenvalue weighted by atomic mass is 10.6. The minimum absolute atomic E-state index is 0.507. The lowest BCUT2D eigenvalue weighted by Crippen LogP contribution is -2.15. The molecule has 9 heteroatoms. The second kappa shape index (κ2) is 26.0. The summed E-state index contributed by atoms with van der Waals surface area (Å²) in [4.78, 5) is 0. The zero-order valence-corrected chi connectivity index (χ0v) is 17.4. The van der Waals surface area contributed by atoms with E-state index >= 15 is 0 Å². The predicted octanol–water partition coefficient (Wildman–Crippen LogP) is 1.38. The molecule has 0 fully saturated rings. The molecule has 0 spiro atoms. The van der Waals surface area contributed by atoms with Crippen LogP contribution in [0.1, 0.15) is 6.92 Å². The van der Waals surface area contributed by atoms with Gasteiger partial charge in [0.25, 0.3) is 0 Å². The zero-order valence-electron chi connectivity index (χ0n) is 16.7. The van der Waals surface area contributed by atoms with E-state index in [4.69, 9.17) is 49.5 Å². The van der Waals surface area contributed by atoms with Crippen molar-refractivity contribution in [3.05, 3.63) is 0 Å². The number of hydrogen-bond acceptors (Lipinski definition) is 8. The van der Waals surface area contributed by atoms with Gasteiger partial charge in [0.1, 0.15) is 0 Å². The number of ether oxygens (including phenoxy) is 8. The van der Waals surface area contributed by atoms with Gasteiger partial charge in [0.05, 0.1) is 99.1 Å². The van der Waals surface area contributed by atoms with E-state index in [-0.39, 0.29) is 0 Å². The zero-order chi connectivity index (χ0) is 19.7. The Bertz CT molecular complexity index is 238. The molecular weight excluding hydrogens is 380 g/mol. The molecule has 0 aliphatic rings. The minimum atomic E-state index is 0.507. The topological polar surface area (TPSA) is 73.8 Å². The Labute approximate surface area is 168 Å². The summed E-state index contributed by atoms with van der Waals surface area (Å²) in [5.41, 5.74) is 0. The quantitative estimate of drug-likeness (QED) is 0.172. The first kappa shape index (κ1) is 27.0. The Hall–Kier alpha value is -0.0300. The molecule has 0 saturated heterocycles. The van der Waals surface area contributed by atoms with Crippen LogP contribution < -0.4 is 0 Å². The lowest BCUT2D eigenvalue weighted by molar-refractivity contribution is -0.0225. The molecule has 0 radical (unpaired) electrons. The molecule has 27 heavy (non-hydrogen) atoms. The monoisotopic (exact) mass is 416 g/mol. The van der Waals surface area contributed by atoms with E-state index in [0.29, 0.717) is 105 Å². The van der Waals surface area contributed by atoms with Crippen LogP contribution in [0.2, 0.25) is 0 Å². The third kappa shape index (κ3) is 26.0. The van der Waals surface area contributed by atoms with Gasteiger partial charge in [-0.25, -0.2) is 0 Å². The van der Waals surface area contributed by atoms with Gasteiger partial charge in [-0.15, -0.1) is 11.6 Å². The van der Waals surface area contributed by atoms with E-state index in [0.717, 1.165) is 6.61 Å². The second-order valence-electron chi connectivity index (χ2n) is 5.17. The van der Waals surface area contributed by atoms with E-state index < -0.39 is 0 Å². The fraction of sp³-hybridized carbons (Fsp3) is 1.00. The van der Waals surface area contributed by atoms with Crippen LogP contribution in [-0.4, -0.2) is 112 Å². The molecule has 0 heterocycles. The molecular formula is C18H37ClO8. The summed E-state index contributed by atoms with van der Waals surface area (Å²) >= 11 is 5.48. The van der Waals surface area contributed by atoms with Crippen LogP contribution in [0.25, 0.3) is 0 Å². The predicted molar refractivity (Wildman–Crippen MR) is 103 cm³/mol. The van der Waals surface area contributed by atoms with Crippen molar-refractivity contribution in [3.63, 3.8) is 0 Å². The third-order valence-electron chi connectivity index (χ3n) is 3.03. The Balaban J connectivity index is 2.95. The van der Waals surface area contributed by atoms with Crippen molar-refractivity contribution < 1.29 is 37.9 Å². The highest BCUT2D eigenvalue weighted by Gasteiger charge is 1.94. The SMILES string of the molecule is CCOCCOCCOCCOCCOCCOCCOCCOCCCl. The van der Waals surface area contributed by atoms with Gasteiger partial charge in [0.2, 0.25) is 0 Å². The average Bonchev–Trinajstić information content (AvgIpc) is 2.68. The Kier molecular flexibility index (Phi) is 25.9. The molecule has 0 saturated carbocycles. The van der Waals surface area contributed by atoms with Crippen molar-refractivity contribution in [2.45, 2.75) is 6.92 Å². The summed E-state index contributed by atoms with van der Waals surface area (Å²) in [5.74, 6) is 0.507. The summed E-state index contributed by atoms with van der Waals surface area (Å²) < 4.78 is 42.6. The van der Waals surface area contributed by atoms with E-state index in [9.17, 15) is 0 Å². The first-order valence-electron chi connectivity index (χ1n) is 9.59. The van der Waals surface area contributed by atoms with Crippen molar-refractivity contribution in [2.75, 3.05) is 112 Å². The highest BCUT2D eigenvalue weighted by Crippen LogP contribution is 1.86. The first-order chi connectivity index (χ1) is 13.4. The summed E-state index contributed by atoms with van der Waals surface area (Å²) in [5, 5.41) is 0. The Morgan fingerprint density at radius 2 is 0.593 bits per heavy atom. The maximum atomic E-state index is 5.48. The molecule has 0 amide bonds. The van der Waals surface area contributed by atoms with Crippen molar-refractivity contribution in [1.29, 1.82) is 0 Å². The van der Waals surface area contributed by atoms with Gasteiger partial charge in [0.15, 0.2) is 0 Å². The largest absolute Gasteiger partial charge is 0.379 e. The molecule has 0 atom stereocenters. The third-order valence-corrected chi connectivity index (χ3v) is 3.18. The second-order valence-corrected chi connectivity index (χ2v) is 5.55. The standard InChI is InChI=1S/C18H37ClO8/c1-2-20-5-6-22-9-10-24-13-14-26-17-18-27-16-15-25-12-11-23-8-7-21-4-3-19/h2-18H2,1H3. The number of alkyl halides is 1. The summed E-state index contributed by atoms with van der Waals surface area (Å²) in [6.45, 7) is 11.1. The van der Waals surface area contributed by atoms with Crippen molar-refractivity contribution in [3.8, 4) is 0 Å². The van der Waals surface area contributed by atoms with Gasteiger partial charge in [-0.2, -0.15) is 0 Å². The van der Waals surface area contributed by atoms with E-state index in [2.05, 4.69) is 0 Å². The van der Waals surface area contributed by atoms with Gasteiger partial charge < -0.3 is 37.9 Å². The number of halogens is 1. The highest BCUT2D eigenvalue weighted by molar-refractivity contribution is 6.17. The van der Waals surface area contributed by atoms with Gasteiger partial charge in [0, 0.05) is 12.5 Å². The van der Waals surface area contributed by atoms with Crippen LogP contribution in [0.3, 0.4) is 0 Å². The number of hydrogen-bond donors (Lipinski definition) is 0. The summed E-state index contributed by atoms with van der Waals surface area (Å²) in [6.07, 6.45) is 0. The molecule has 0 rings (SSSR count). The van der Waals surface area contributed by atoms with Gasteiger partial charge in [-0.05, 0) is 6.92 Å². The van der Waals surface area contributed by atoms with Crippen molar-refractivity contribution >= 4 is 11.6 Å². The molecule has 0 aromatic heterocycles.